The summed E-state index contributed by atoms with van der Waals surface area (Å²) in [6.45, 7) is 2.04. The van der Waals surface area contributed by atoms with Crippen LogP contribution in [0.3, 0.4) is 0 Å². The zero-order chi connectivity index (χ0) is 26.4. The molecular weight excluding hydrogens is 508 g/mol. The third-order valence-corrected chi connectivity index (χ3v) is 9.58. The van der Waals surface area contributed by atoms with E-state index in [1.54, 1.807) is 60.3 Å². The number of carboxylic acid groups (broad SMARTS) is 1. The molecule has 9 heteroatoms. The number of sulfonamides is 1. The lowest BCUT2D eigenvalue weighted by atomic mass is 10.1. The molecule has 3 atom stereocenters. The molecule has 4 rings (SSSR count). The van der Waals surface area contributed by atoms with Crippen LogP contribution in [-0.2, 0) is 31.8 Å². The van der Waals surface area contributed by atoms with E-state index in [4.69, 9.17) is 0 Å². The summed E-state index contributed by atoms with van der Waals surface area (Å²) in [6.07, 6.45) is 0.400. The topological polar surface area (TPSA) is 104 Å². The van der Waals surface area contributed by atoms with Crippen LogP contribution in [0.15, 0.2) is 89.8 Å². The first-order valence-corrected chi connectivity index (χ1v) is 14.5. The van der Waals surface area contributed by atoms with Gasteiger partial charge >= 0.3 is 5.97 Å². The SMILES string of the molecule is Cc1ccc(S(=O)(=O)N2C[C@@H](SCc3ccccc3)C[C@H]2C(=O)N[C@@H](Cc2ccccc2)C(=O)O)cc1. The third kappa shape index (κ3) is 6.80. The fourth-order valence-corrected chi connectivity index (χ4v) is 7.29. The zero-order valence-corrected chi connectivity index (χ0v) is 22.1. The van der Waals surface area contributed by atoms with Gasteiger partial charge < -0.3 is 10.4 Å². The van der Waals surface area contributed by atoms with E-state index in [1.165, 1.54) is 4.31 Å². The summed E-state index contributed by atoms with van der Waals surface area (Å²) in [6, 6.07) is 23.2. The molecule has 0 radical (unpaired) electrons. The highest BCUT2D eigenvalue weighted by Gasteiger charge is 2.44. The van der Waals surface area contributed by atoms with Gasteiger partial charge in [0.15, 0.2) is 0 Å². The second-order valence-electron chi connectivity index (χ2n) is 9.15. The van der Waals surface area contributed by atoms with Crippen molar-refractivity contribution < 1.29 is 23.1 Å². The van der Waals surface area contributed by atoms with E-state index in [-0.39, 0.29) is 23.1 Å². The number of carbonyl (C=O) groups is 2. The molecule has 3 aromatic rings. The maximum atomic E-state index is 13.6. The van der Waals surface area contributed by atoms with Crippen molar-refractivity contribution in [2.24, 2.45) is 0 Å². The number of rotatable bonds is 10. The van der Waals surface area contributed by atoms with E-state index in [9.17, 15) is 23.1 Å². The van der Waals surface area contributed by atoms with Crippen molar-refractivity contribution in [3.63, 3.8) is 0 Å². The maximum absolute atomic E-state index is 13.6. The number of carboxylic acids is 1. The van der Waals surface area contributed by atoms with Gasteiger partial charge in [-0.1, -0.05) is 78.4 Å². The van der Waals surface area contributed by atoms with Crippen molar-refractivity contribution in [1.82, 2.24) is 9.62 Å². The van der Waals surface area contributed by atoms with E-state index < -0.39 is 34.0 Å². The molecule has 37 heavy (non-hydrogen) atoms. The van der Waals surface area contributed by atoms with E-state index in [1.807, 2.05) is 43.3 Å². The number of aliphatic carboxylic acids is 1. The Morgan fingerprint density at radius 2 is 1.57 bits per heavy atom. The Morgan fingerprint density at radius 3 is 2.16 bits per heavy atom. The molecule has 0 saturated carbocycles. The molecule has 1 heterocycles. The van der Waals surface area contributed by atoms with Crippen molar-refractivity contribution in [1.29, 1.82) is 0 Å². The highest BCUT2D eigenvalue weighted by Crippen LogP contribution is 2.34. The first-order valence-electron chi connectivity index (χ1n) is 12.0. The van der Waals surface area contributed by atoms with Crippen LogP contribution in [0.5, 0.6) is 0 Å². The Kier molecular flexibility index (Phi) is 8.68. The summed E-state index contributed by atoms with van der Waals surface area (Å²) in [7, 11) is -3.97. The predicted octanol–water partition coefficient (Wildman–Crippen LogP) is 3.87. The van der Waals surface area contributed by atoms with Gasteiger partial charge in [-0.3, -0.25) is 4.79 Å². The van der Waals surface area contributed by atoms with Gasteiger partial charge in [-0.25, -0.2) is 13.2 Å². The second-order valence-corrected chi connectivity index (χ2v) is 12.3. The summed E-state index contributed by atoms with van der Waals surface area (Å²) in [4.78, 5) is 25.5. The molecule has 1 aliphatic rings. The average Bonchev–Trinajstić information content (AvgIpc) is 3.34. The van der Waals surface area contributed by atoms with Crippen LogP contribution >= 0.6 is 11.8 Å². The van der Waals surface area contributed by atoms with Crippen molar-refractivity contribution in [2.45, 2.75) is 47.7 Å². The maximum Gasteiger partial charge on any atom is 0.326 e. The Bertz CT molecular complexity index is 1320. The lowest BCUT2D eigenvalue weighted by Crippen LogP contribution is -2.51. The summed E-state index contributed by atoms with van der Waals surface area (Å²) < 4.78 is 28.5. The molecular formula is C28H30N2O5S2. The van der Waals surface area contributed by atoms with Gasteiger partial charge in [-0.15, -0.1) is 0 Å². The average molecular weight is 539 g/mol. The monoisotopic (exact) mass is 538 g/mol. The fourth-order valence-electron chi connectivity index (χ4n) is 4.34. The van der Waals surface area contributed by atoms with Gasteiger partial charge in [-0.2, -0.15) is 16.1 Å². The predicted molar refractivity (Wildman–Crippen MR) is 145 cm³/mol. The Morgan fingerprint density at radius 1 is 0.973 bits per heavy atom. The smallest absolute Gasteiger partial charge is 0.326 e. The summed E-state index contributed by atoms with van der Waals surface area (Å²) in [5.74, 6) is -1.08. The summed E-state index contributed by atoms with van der Waals surface area (Å²) >= 11 is 1.60. The number of hydrogen-bond donors (Lipinski definition) is 2. The molecule has 1 saturated heterocycles. The van der Waals surface area contributed by atoms with Gasteiger partial charge in [0.2, 0.25) is 15.9 Å². The van der Waals surface area contributed by atoms with Gasteiger partial charge in [0.05, 0.1) is 4.90 Å². The first-order chi connectivity index (χ1) is 17.7. The normalized spacial score (nSPS) is 18.8. The van der Waals surface area contributed by atoms with Gasteiger partial charge in [0.1, 0.15) is 12.1 Å². The van der Waals surface area contributed by atoms with Crippen LogP contribution in [-0.4, -0.2) is 53.6 Å². The molecule has 194 valence electrons. The largest absolute Gasteiger partial charge is 0.480 e. The molecule has 0 aromatic heterocycles. The molecule has 1 aliphatic heterocycles. The zero-order valence-electron chi connectivity index (χ0n) is 20.5. The van der Waals surface area contributed by atoms with E-state index in [0.717, 1.165) is 16.7 Å². The molecule has 1 amide bonds. The van der Waals surface area contributed by atoms with Crippen molar-refractivity contribution >= 4 is 33.7 Å². The quantitative estimate of drug-likeness (QED) is 0.406. The van der Waals surface area contributed by atoms with Crippen LogP contribution in [0, 0.1) is 6.92 Å². The highest BCUT2D eigenvalue weighted by molar-refractivity contribution is 7.99. The lowest BCUT2D eigenvalue weighted by molar-refractivity contribution is -0.142. The summed E-state index contributed by atoms with van der Waals surface area (Å²) in [5.41, 5.74) is 2.81. The number of carbonyl (C=O) groups excluding carboxylic acids is 1. The minimum absolute atomic E-state index is 0.103. The molecule has 0 bridgehead atoms. The van der Waals surface area contributed by atoms with E-state index in [0.29, 0.717) is 12.2 Å². The molecule has 3 aromatic carbocycles. The van der Waals surface area contributed by atoms with E-state index >= 15 is 0 Å². The second kappa shape index (κ2) is 11.9. The number of thioether (sulfide) groups is 1. The number of amides is 1. The Labute approximate surface area is 222 Å². The van der Waals surface area contributed by atoms with Gasteiger partial charge in [0.25, 0.3) is 0 Å². The lowest BCUT2D eigenvalue weighted by Gasteiger charge is -2.25. The van der Waals surface area contributed by atoms with Crippen LogP contribution < -0.4 is 5.32 Å². The van der Waals surface area contributed by atoms with Crippen molar-refractivity contribution in [2.75, 3.05) is 6.54 Å². The number of aryl methyl sites for hydroxylation is 1. The van der Waals surface area contributed by atoms with Crippen LogP contribution in [0.2, 0.25) is 0 Å². The molecule has 0 aliphatic carbocycles. The Hall–Kier alpha value is -3.14. The van der Waals surface area contributed by atoms with Crippen LogP contribution in [0.1, 0.15) is 23.1 Å². The third-order valence-electron chi connectivity index (χ3n) is 6.37. The van der Waals surface area contributed by atoms with Gasteiger partial charge in [-0.05, 0) is 36.6 Å². The number of benzene rings is 3. The molecule has 7 nitrogen and oxygen atoms in total. The number of nitrogens with zero attached hydrogens (tertiary/aromatic N) is 1. The molecule has 0 spiro atoms. The molecule has 1 fully saturated rings. The molecule has 2 N–H and O–H groups in total. The van der Waals surface area contributed by atoms with Crippen molar-refractivity contribution in [3.8, 4) is 0 Å². The van der Waals surface area contributed by atoms with Gasteiger partial charge in [0, 0.05) is 24.0 Å². The minimum atomic E-state index is -3.97. The summed E-state index contributed by atoms with van der Waals surface area (Å²) in [5, 5.41) is 12.3. The van der Waals surface area contributed by atoms with E-state index in [2.05, 4.69) is 5.32 Å². The fraction of sp³-hybridized carbons (Fsp3) is 0.286. The Balaban J connectivity index is 1.55. The standard InChI is InChI=1S/C28H30N2O5S2/c1-20-12-14-24(15-13-20)37(34,35)30-18-23(36-19-22-10-6-3-7-11-22)17-26(30)27(31)29-25(28(32)33)16-21-8-4-2-5-9-21/h2-15,23,25-26H,16-19H2,1H3,(H,29,31)(H,32,33)/t23-,25-,26-/m0/s1. The number of hydrogen-bond acceptors (Lipinski definition) is 5. The highest BCUT2D eigenvalue weighted by atomic mass is 32.2. The molecule has 0 unspecified atom stereocenters. The van der Waals surface area contributed by atoms with Crippen molar-refractivity contribution in [3.05, 3.63) is 102 Å². The van der Waals surface area contributed by atoms with Crippen LogP contribution in [0.25, 0.3) is 0 Å². The van der Waals surface area contributed by atoms with Crippen LogP contribution in [0.4, 0.5) is 0 Å². The minimum Gasteiger partial charge on any atom is -0.480 e. The number of nitrogens with one attached hydrogen (secondary N) is 1. The first kappa shape index (κ1) is 26.9.